The molecule has 0 amide bonds. The zero-order valence-corrected chi connectivity index (χ0v) is 7.93. The van der Waals surface area contributed by atoms with Crippen LogP contribution in [0.2, 0.25) is 0 Å². The third-order valence-electron chi connectivity index (χ3n) is 2.09. The average molecular weight is 201 g/mol. The van der Waals surface area contributed by atoms with Crippen molar-refractivity contribution in [3.63, 3.8) is 0 Å². The Morgan fingerprint density at radius 3 is 2.50 bits per heavy atom. The van der Waals surface area contributed by atoms with E-state index in [1.807, 2.05) is 6.92 Å². The topological polar surface area (TPSA) is 46.2 Å². The predicted octanol–water partition coefficient (Wildman–Crippen LogP) is 2.47. The van der Waals surface area contributed by atoms with Crippen molar-refractivity contribution < 1.29 is 13.9 Å². The molecule has 0 radical (unpaired) electrons. The number of halogens is 2. The van der Waals surface area contributed by atoms with Crippen LogP contribution >= 0.6 is 0 Å². The highest BCUT2D eigenvalue weighted by Gasteiger charge is 2.18. The van der Waals surface area contributed by atoms with E-state index >= 15 is 0 Å². The van der Waals surface area contributed by atoms with Gasteiger partial charge in [0.25, 0.3) is 0 Å². The Morgan fingerprint density at radius 1 is 1.36 bits per heavy atom. The second-order valence-corrected chi connectivity index (χ2v) is 3.19. The maximum absolute atomic E-state index is 13.2. The summed E-state index contributed by atoms with van der Waals surface area (Å²) in [5.74, 6) is -2.18. The van der Waals surface area contributed by atoms with Crippen molar-refractivity contribution in [2.75, 3.05) is 0 Å². The third kappa shape index (κ3) is 2.01. The van der Waals surface area contributed by atoms with E-state index < -0.39 is 23.4 Å². The summed E-state index contributed by atoms with van der Waals surface area (Å²) in [7, 11) is 0. The Hall–Kier alpha value is -1.16. The maximum Gasteiger partial charge on any atom is 0.165 e. The molecule has 0 aliphatic carbocycles. The first-order valence-corrected chi connectivity index (χ1v) is 4.50. The van der Waals surface area contributed by atoms with Crippen LogP contribution in [0, 0.1) is 11.6 Å². The number of rotatable bonds is 3. The molecule has 0 aromatic heterocycles. The van der Waals surface area contributed by atoms with Crippen molar-refractivity contribution in [2.24, 2.45) is 5.73 Å². The Bertz CT molecular complexity index is 328. The summed E-state index contributed by atoms with van der Waals surface area (Å²) in [6.07, 6.45) is 1.25. The third-order valence-corrected chi connectivity index (χ3v) is 2.09. The van der Waals surface area contributed by atoms with Gasteiger partial charge in [-0.1, -0.05) is 13.3 Å². The van der Waals surface area contributed by atoms with E-state index in [0.717, 1.165) is 18.6 Å². The smallest absolute Gasteiger partial charge is 0.165 e. The number of nitrogens with two attached hydrogens (primary N) is 1. The number of hydrogen-bond donors (Lipinski definition) is 2. The second-order valence-electron chi connectivity index (χ2n) is 3.19. The van der Waals surface area contributed by atoms with Crippen LogP contribution in [0.25, 0.3) is 0 Å². The molecule has 4 heteroatoms. The van der Waals surface area contributed by atoms with Gasteiger partial charge in [0.1, 0.15) is 5.82 Å². The number of phenolic OH excluding ortho intramolecular Hbond substituents is 1. The average Bonchev–Trinajstić information content (AvgIpc) is 2.13. The van der Waals surface area contributed by atoms with Gasteiger partial charge in [0.05, 0.1) is 0 Å². The highest BCUT2D eigenvalue weighted by Crippen LogP contribution is 2.30. The molecule has 0 aliphatic rings. The molecule has 1 aromatic carbocycles. The van der Waals surface area contributed by atoms with Crippen molar-refractivity contribution in [1.82, 2.24) is 0 Å². The van der Waals surface area contributed by atoms with Gasteiger partial charge in [-0.15, -0.1) is 0 Å². The fourth-order valence-electron chi connectivity index (χ4n) is 1.36. The lowest BCUT2D eigenvalue weighted by molar-refractivity contribution is 0.407. The molecule has 0 aliphatic heterocycles. The van der Waals surface area contributed by atoms with Gasteiger partial charge in [0.15, 0.2) is 11.6 Å². The van der Waals surface area contributed by atoms with Gasteiger partial charge >= 0.3 is 0 Å². The highest BCUT2D eigenvalue weighted by molar-refractivity contribution is 5.37. The Labute approximate surface area is 81.4 Å². The van der Waals surface area contributed by atoms with Crippen LogP contribution in [0.3, 0.4) is 0 Å². The first kappa shape index (κ1) is 10.9. The Kier molecular flexibility index (Phi) is 3.41. The Morgan fingerprint density at radius 2 is 1.93 bits per heavy atom. The molecular formula is C10H13F2NO. The number of hydrogen-bond acceptors (Lipinski definition) is 2. The molecule has 0 saturated heterocycles. The molecule has 2 nitrogen and oxygen atoms in total. The fraction of sp³-hybridized carbons (Fsp3) is 0.400. The standard InChI is InChI=1S/C10H13F2NO/c1-2-3-8(13)9-6(11)4-5-7(12)10(9)14/h4-5,8,14H,2-3,13H2,1H3/t8-/m1/s1. The fourth-order valence-corrected chi connectivity index (χ4v) is 1.36. The molecule has 0 unspecified atom stereocenters. The van der Waals surface area contributed by atoms with Crippen molar-refractivity contribution in [3.05, 3.63) is 29.3 Å². The SMILES string of the molecule is CCC[C@@H](N)c1c(F)ccc(F)c1O. The van der Waals surface area contributed by atoms with Gasteiger partial charge in [-0.3, -0.25) is 0 Å². The molecule has 1 atom stereocenters. The minimum Gasteiger partial charge on any atom is -0.505 e. The van der Waals surface area contributed by atoms with E-state index in [-0.39, 0.29) is 5.56 Å². The molecule has 1 rings (SSSR count). The van der Waals surface area contributed by atoms with Gasteiger partial charge in [-0.25, -0.2) is 8.78 Å². The van der Waals surface area contributed by atoms with Crippen molar-refractivity contribution in [2.45, 2.75) is 25.8 Å². The van der Waals surface area contributed by atoms with Gasteiger partial charge < -0.3 is 10.8 Å². The van der Waals surface area contributed by atoms with E-state index in [1.165, 1.54) is 0 Å². The maximum atomic E-state index is 13.2. The summed E-state index contributed by atoms with van der Waals surface area (Å²) in [5, 5.41) is 9.28. The lowest BCUT2D eigenvalue weighted by atomic mass is 10.0. The van der Waals surface area contributed by atoms with Crippen LogP contribution in [-0.4, -0.2) is 5.11 Å². The molecule has 0 bridgehead atoms. The zero-order chi connectivity index (χ0) is 10.7. The minimum absolute atomic E-state index is 0.133. The molecule has 1 aromatic rings. The molecule has 0 saturated carbocycles. The normalized spacial score (nSPS) is 12.9. The monoisotopic (exact) mass is 201 g/mol. The number of benzene rings is 1. The van der Waals surface area contributed by atoms with Crippen LogP contribution in [0.4, 0.5) is 8.78 Å². The lowest BCUT2D eigenvalue weighted by Gasteiger charge is -2.13. The molecule has 14 heavy (non-hydrogen) atoms. The number of phenols is 1. The summed E-state index contributed by atoms with van der Waals surface area (Å²) < 4.78 is 26.1. The van der Waals surface area contributed by atoms with E-state index in [4.69, 9.17) is 5.73 Å². The van der Waals surface area contributed by atoms with E-state index in [0.29, 0.717) is 6.42 Å². The quantitative estimate of drug-likeness (QED) is 0.789. The summed E-state index contributed by atoms with van der Waals surface area (Å²) in [6, 6.07) is 1.20. The van der Waals surface area contributed by atoms with Crippen molar-refractivity contribution >= 4 is 0 Å². The van der Waals surface area contributed by atoms with Gasteiger partial charge in [0.2, 0.25) is 0 Å². The minimum atomic E-state index is -0.840. The Balaban J connectivity index is 3.11. The zero-order valence-electron chi connectivity index (χ0n) is 7.93. The van der Waals surface area contributed by atoms with Crippen LogP contribution in [0.15, 0.2) is 12.1 Å². The van der Waals surface area contributed by atoms with Gasteiger partial charge in [0, 0.05) is 11.6 Å². The van der Waals surface area contributed by atoms with Crippen LogP contribution < -0.4 is 5.73 Å². The molecule has 0 heterocycles. The lowest BCUT2D eigenvalue weighted by Crippen LogP contribution is -2.12. The number of aromatic hydroxyl groups is 1. The van der Waals surface area contributed by atoms with Gasteiger partial charge in [-0.05, 0) is 18.6 Å². The first-order chi connectivity index (χ1) is 6.57. The van der Waals surface area contributed by atoms with E-state index in [1.54, 1.807) is 0 Å². The summed E-state index contributed by atoms with van der Waals surface area (Å²) in [4.78, 5) is 0. The molecular weight excluding hydrogens is 188 g/mol. The molecule has 78 valence electrons. The second kappa shape index (κ2) is 4.37. The molecule has 0 spiro atoms. The first-order valence-electron chi connectivity index (χ1n) is 4.50. The highest BCUT2D eigenvalue weighted by atomic mass is 19.1. The van der Waals surface area contributed by atoms with E-state index in [2.05, 4.69) is 0 Å². The molecule has 3 N–H and O–H groups in total. The molecule has 0 fully saturated rings. The van der Waals surface area contributed by atoms with Gasteiger partial charge in [-0.2, -0.15) is 0 Å². The largest absolute Gasteiger partial charge is 0.505 e. The predicted molar refractivity (Wildman–Crippen MR) is 49.9 cm³/mol. The van der Waals surface area contributed by atoms with Crippen LogP contribution in [-0.2, 0) is 0 Å². The van der Waals surface area contributed by atoms with E-state index in [9.17, 15) is 13.9 Å². The van der Waals surface area contributed by atoms with Crippen LogP contribution in [0.1, 0.15) is 31.4 Å². The van der Waals surface area contributed by atoms with Crippen LogP contribution in [0.5, 0.6) is 5.75 Å². The summed E-state index contributed by atoms with van der Waals surface area (Å²) in [5.41, 5.74) is 5.48. The summed E-state index contributed by atoms with van der Waals surface area (Å²) >= 11 is 0. The summed E-state index contributed by atoms with van der Waals surface area (Å²) in [6.45, 7) is 1.88. The van der Waals surface area contributed by atoms with Crippen molar-refractivity contribution in [1.29, 1.82) is 0 Å². The van der Waals surface area contributed by atoms with Crippen molar-refractivity contribution in [3.8, 4) is 5.75 Å².